The van der Waals surface area contributed by atoms with Gasteiger partial charge in [0.25, 0.3) is 0 Å². The third-order valence-corrected chi connectivity index (χ3v) is 5.43. The number of halogens is 3. The Hall–Kier alpha value is -2.35. The van der Waals surface area contributed by atoms with Gasteiger partial charge < -0.3 is 0 Å². The first-order chi connectivity index (χ1) is 12.8. The van der Waals surface area contributed by atoms with Crippen molar-refractivity contribution in [1.29, 1.82) is 0 Å². The van der Waals surface area contributed by atoms with E-state index in [9.17, 15) is 18.0 Å². The highest BCUT2D eigenvalue weighted by molar-refractivity contribution is 7.18. The molecule has 1 aliphatic rings. The van der Waals surface area contributed by atoms with E-state index in [1.165, 1.54) is 17.5 Å². The smallest absolute Gasteiger partial charge is 0.299 e. The van der Waals surface area contributed by atoms with Gasteiger partial charge >= 0.3 is 6.18 Å². The van der Waals surface area contributed by atoms with Crippen LogP contribution in [0, 0.1) is 6.92 Å². The predicted molar refractivity (Wildman–Crippen MR) is 95.8 cm³/mol. The number of rotatable bonds is 5. The molecule has 1 fully saturated rings. The van der Waals surface area contributed by atoms with Crippen molar-refractivity contribution in [2.45, 2.75) is 44.7 Å². The maximum absolute atomic E-state index is 12.8. The highest BCUT2D eigenvalue weighted by atomic mass is 32.1. The molecule has 3 aromatic rings. The van der Waals surface area contributed by atoms with E-state index >= 15 is 0 Å². The molecule has 0 amide bonds. The van der Waals surface area contributed by atoms with E-state index in [4.69, 9.17) is 0 Å². The summed E-state index contributed by atoms with van der Waals surface area (Å²) < 4.78 is 38.4. The Morgan fingerprint density at radius 1 is 1.22 bits per heavy atom. The standard InChI is InChI=1S/C19H16F3N3OS/c1-10-25-17-16(12-2-3-12)13(8-24-18(17)27-10)6-15(26)5-11-4-14(9-23-7-11)19(20,21)22/h4,7-9,12H,2-3,5-6H2,1H3. The molecule has 0 atom stereocenters. The number of thiazole rings is 1. The molecule has 1 aliphatic carbocycles. The Bertz CT molecular complexity index is 1020. The number of aryl methyl sites for hydroxylation is 1. The minimum absolute atomic E-state index is 0.0881. The SMILES string of the molecule is Cc1nc2c(C3CC3)c(CC(=O)Cc3cncc(C(F)(F)F)c3)cnc2s1. The van der Waals surface area contributed by atoms with Crippen LogP contribution in [-0.2, 0) is 23.8 Å². The van der Waals surface area contributed by atoms with Gasteiger partial charge in [-0.05, 0) is 48.4 Å². The van der Waals surface area contributed by atoms with Crippen molar-refractivity contribution in [2.24, 2.45) is 0 Å². The van der Waals surface area contributed by atoms with Crippen LogP contribution in [0.5, 0.6) is 0 Å². The van der Waals surface area contributed by atoms with Crippen LogP contribution in [0.4, 0.5) is 13.2 Å². The monoisotopic (exact) mass is 391 g/mol. The van der Waals surface area contributed by atoms with Gasteiger partial charge in [0, 0.05) is 31.4 Å². The van der Waals surface area contributed by atoms with Crippen molar-refractivity contribution in [2.75, 3.05) is 0 Å². The van der Waals surface area contributed by atoms with E-state index in [1.54, 1.807) is 6.20 Å². The number of aromatic nitrogens is 3. The largest absolute Gasteiger partial charge is 0.417 e. The number of carbonyl (C=O) groups is 1. The molecule has 8 heteroatoms. The first-order valence-corrected chi connectivity index (χ1v) is 9.40. The first-order valence-electron chi connectivity index (χ1n) is 8.59. The molecule has 0 saturated heterocycles. The minimum atomic E-state index is -4.47. The Labute approximate surface area is 157 Å². The van der Waals surface area contributed by atoms with Crippen LogP contribution < -0.4 is 0 Å². The lowest BCUT2D eigenvalue weighted by Gasteiger charge is -2.10. The fourth-order valence-electron chi connectivity index (χ4n) is 3.25. The number of carbonyl (C=O) groups excluding carboxylic acids is 1. The summed E-state index contributed by atoms with van der Waals surface area (Å²) in [5.41, 5.74) is 2.21. The number of hydrogen-bond acceptors (Lipinski definition) is 5. The average Bonchev–Trinajstić information content (AvgIpc) is 3.34. The molecule has 0 radical (unpaired) electrons. The highest BCUT2D eigenvalue weighted by Crippen LogP contribution is 2.45. The number of ketones is 1. The molecule has 0 spiro atoms. The van der Waals surface area contributed by atoms with Gasteiger partial charge in [0.1, 0.15) is 16.1 Å². The first kappa shape index (κ1) is 18.0. The summed E-state index contributed by atoms with van der Waals surface area (Å²) >= 11 is 1.52. The van der Waals surface area contributed by atoms with E-state index in [-0.39, 0.29) is 24.2 Å². The Morgan fingerprint density at radius 3 is 2.70 bits per heavy atom. The Balaban J connectivity index is 1.58. The van der Waals surface area contributed by atoms with Crippen LogP contribution in [0.15, 0.2) is 24.7 Å². The molecule has 4 nitrogen and oxygen atoms in total. The van der Waals surface area contributed by atoms with E-state index in [2.05, 4.69) is 15.0 Å². The molecule has 140 valence electrons. The minimum Gasteiger partial charge on any atom is -0.299 e. The molecular formula is C19H16F3N3OS. The molecule has 0 bridgehead atoms. The van der Waals surface area contributed by atoms with E-state index in [1.807, 2.05) is 6.92 Å². The maximum Gasteiger partial charge on any atom is 0.417 e. The van der Waals surface area contributed by atoms with E-state index < -0.39 is 11.7 Å². The fraction of sp³-hybridized carbons (Fsp3) is 0.368. The van der Waals surface area contributed by atoms with Crippen molar-refractivity contribution >= 4 is 27.5 Å². The highest BCUT2D eigenvalue weighted by Gasteiger charge is 2.32. The van der Waals surface area contributed by atoms with Gasteiger partial charge in [0.2, 0.25) is 0 Å². The summed E-state index contributed by atoms with van der Waals surface area (Å²) in [6.45, 7) is 1.93. The molecule has 4 rings (SSSR count). The van der Waals surface area contributed by atoms with Gasteiger partial charge in [-0.25, -0.2) is 9.97 Å². The second kappa shape index (κ2) is 6.67. The van der Waals surface area contributed by atoms with E-state index in [0.717, 1.165) is 51.6 Å². The quantitative estimate of drug-likeness (QED) is 0.636. The van der Waals surface area contributed by atoms with Crippen LogP contribution in [-0.4, -0.2) is 20.7 Å². The number of Topliss-reactive ketones (excluding diaryl/α,β-unsaturated/α-hetero) is 1. The summed E-state index contributed by atoms with van der Waals surface area (Å²) in [6, 6.07) is 0.984. The van der Waals surface area contributed by atoms with Gasteiger partial charge in [-0.15, -0.1) is 0 Å². The second-order valence-electron chi connectivity index (χ2n) is 6.83. The summed E-state index contributed by atoms with van der Waals surface area (Å²) in [4.78, 5) is 26.0. The number of pyridine rings is 2. The van der Waals surface area contributed by atoms with Crippen molar-refractivity contribution in [3.05, 3.63) is 51.9 Å². The molecule has 0 N–H and O–H groups in total. The lowest BCUT2D eigenvalue weighted by Crippen LogP contribution is -2.11. The molecule has 0 unspecified atom stereocenters. The molecule has 3 aromatic heterocycles. The van der Waals surface area contributed by atoms with Gasteiger partial charge in [-0.1, -0.05) is 11.3 Å². The fourth-order valence-corrected chi connectivity index (χ4v) is 4.02. The topological polar surface area (TPSA) is 55.7 Å². The van der Waals surface area contributed by atoms with Crippen LogP contribution in [0.3, 0.4) is 0 Å². The molecule has 0 aliphatic heterocycles. The third kappa shape index (κ3) is 3.85. The van der Waals surface area contributed by atoms with Crippen LogP contribution in [0.25, 0.3) is 10.3 Å². The van der Waals surface area contributed by atoms with Crippen LogP contribution >= 0.6 is 11.3 Å². The van der Waals surface area contributed by atoms with Gasteiger partial charge in [0.15, 0.2) is 0 Å². The molecule has 3 heterocycles. The van der Waals surface area contributed by atoms with Crippen LogP contribution in [0.1, 0.15) is 46.0 Å². The lowest BCUT2D eigenvalue weighted by molar-refractivity contribution is -0.138. The zero-order valence-electron chi connectivity index (χ0n) is 14.5. The van der Waals surface area contributed by atoms with Crippen molar-refractivity contribution in [1.82, 2.24) is 15.0 Å². The van der Waals surface area contributed by atoms with Gasteiger partial charge in [-0.3, -0.25) is 9.78 Å². The molecule has 27 heavy (non-hydrogen) atoms. The molecule has 0 aromatic carbocycles. The zero-order chi connectivity index (χ0) is 19.2. The summed E-state index contributed by atoms with van der Waals surface area (Å²) in [7, 11) is 0. The van der Waals surface area contributed by atoms with Gasteiger partial charge in [0.05, 0.1) is 10.6 Å². The lowest BCUT2D eigenvalue weighted by atomic mass is 9.97. The van der Waals surface area contributed by atoms with E-state index in [0.29, 0.717) is 5.92 Å². The second-order valence-corrected chi connectivity index (χ2v) is 8.01. The predicted octanol–water partition coefficient (Wildman–Crippen LogP) is 4.65. The summed E-state index contributed by atoms with van der Waals surface area (Å²) in [5.74, 6) is 0.237. The maximum atomic E-state index is 12.8. The average molecular weight is 391 g/mol. The summed E-state index contributed by atoms with van der Waals surface area (Å²) in [5, 5.41) is 0.929. The Morgan fingerprint density at radius 2 is 2.00 bits per heavy atom. The third-order valence-electron chi connectivity index (χ3n) is 4.55. The van der Waals surface area contributed by atoms with Crippen LogP contribution in [0.2, 0.25) is 0 Å². The number of hydrogen-bond donors (Lipinski definition) is 0. The Kier molecular flexibility index (Phi) is 4.46. The molecule has 1 saturated carbocycles. The van der Waals surface area contributed by atoms with Crippen molar-refractivity contribution < 1.29 is 18.0 Å². The van der Waals surface area contributed by atoms with Gasteiger partial charge in [-0.2, -0.15) is 13.2 Å². The number of alkyl halides is 3. The van der Waals surface area contributed by atoms with Crippen molar-refractivity contribution in [3.63, 3.8) is 0 Å². The zero-order valence-corrected chi connectivity index (χ0v) is 15.3. The normalized spacial score (nSPS) is 14.7. The van der Waals surface area contributed by atoms with Crippen molar-refractivity contribution in [3.8, 4) is 0 Å². The molecular weight excluding hydrogens is 375 g/mol. The number of nitrogens with zero attached hydrogens (tertiary/aromatic N) is 3. The summed E-state index contributed by atoms with van der Waals surface area (Å²) in [6.07, 6.45) is 1.50. The number of fused-ring (bicyclic) bond motifs is 1.